The molecule has 0 spiro atoms. The number of allylic oxidation sites excluding steroid dienone is 7. The summed E-state index contributed by atoms with van der Waals surface area (Å²) in [6.45, 7) is 1.97. The molecule has 0 fully saturated rings. The van der Waals surface area contributed by atoms with Crippen molar-refractivity contribution < 1.29 is 14.6 Å². The van der Waals surface area contributed by atoms with E-state index in [1.807, 2.05) is 19.3 Å². The molecule has 0 rings (SSSR count). The van der Waals surface area contributed by atoms with Gasteiger partial charge in [-0.05, 0) is 44.3 Å². The van der Waals surface area contributed by atoms with Gasteiger partial charge in [0.05, 0.1) is 16.3 Å². The molecule has 0 aliphatic rings. The normalized spacial score (nSPS) is 12.8. The van der Waals surface area contributed by atoms with Gasteiger partial charge >= 0.3 is 0 Å². The Labute approximate surface area is 160 Å². The Morgan fingerprint density at radius 3 is 2.00 bits per heavy atom. The predicted molar refractivity (Wildman–Crippen MR) is 106 cm³/mol. The third-order valence-corrected chi connectivity index (χ3v) is 3.81. The van der Waals surface area contributed by atoms with Crippen LogP contribution < -0.4 is 0 Å². The van der Waals surface area contributed by atoms with Gasteiger partial charge in [-0.1, -0.05) is 44.1 Å². The van der Waals surface area contributed by atoms with E-state index in [0.717, 1.165) is 32.1 Å². The van der Waals surface area contributed by atoms with Gasteiger partial charge in [-0.25, -0.2) is 0 Å². The molecule has 149 valence electrons. The maximum atomic E-state index is 11.0. The first kappa shape index (κ1) is 24.4. The van der Waals surface area contributed by atoms with Crippen LogP contribution in [0, 0.1) is 20.2 Å². The van der Waals surface area contributed by atoms with Crippen LogP contribution in [0.15, 0.2) is 47.9 Å². The van der Waals surface area contributed by atoms with Gasteiger partial charge in [0, 0.05) is 12.8 Å². The number of hydrogen-bond acceptors (Lipinski definition) is 5. The Bertz CT molecular complexity index is 577. The smallest absolute Gasteiger partial charge is 0.246 e. The minimum Gasteiger partial charge on any atom is -0.291 e. The van der Waals surface area contributed by atoms with E-state index in [9.17, 15) is 25.0 Å². The Morgan fingerprint density at radius 2 is 1.44 bits per heavy atom. The summed E-state index contributed by atoms with van der Waals surface area (Å²) in [6, 6.07) is 0. The first-order valence-corrected chi connectivity index (χ1v) is 9.34. The lowest BCUT2D eigenvalue weighted by molar-refractivity contribution is -0.428. The number of nitro groups is 2. The maximum absolute atomic E-state index is 11.0. The van der Waals surface area contributed by atoms with Gasteiger partial charge in [-0.15, -0.1) is 0 Å². The van der Waals surface area contributed by atoms with Crippen LogP contribution in [-0.4, -0.2) is 16.1 Å². The molecule has 0 aliphatic carbocycles. The van der Waals surface area contributed by atoms with Crippen molar-refractivity contribution in [1.29, 1.82) is 0 Å². The lowest BCUT2D eigenvalue weighted by atomic mass is 10.1. The molecule has 0 saturated heterocycles. The van der Waals surface area contributed by atoms with E-state index in [0.29, 0.717) is 32.1 Å². The summed E-state index contributed by atoms with van der Waals surface area (Å²) in [5.41, 5.74) is 0.339. The summed E-state index contributed by atoms with van der Waals surface area (Å²) in [5.74, 6) is 0. The zero-order valence-electron chi connectivity index (χ0n) is 16.0. The molecule has 1 radical (unpaired) electrons. The Kier molecular flexibility index (Phi) is 15.3. The topological polar surface area (TPSA) is 103 Å². The van der Waals surface area contributed by atoms with Crippen molar-refractivity contribution in [3.63, 3.8) is 0 Å². The van der Waals surface area contributed by atoms with E-state index in [2.05, 4.69) is 0 Å². The van der Waals surface area contributed by atoms with Gasteiger partial charge in [-0.3, -0.25) is 25.0 Å². The Hall–Kier alpha value is -2.57. The highest BCUT2D eigenvalue weighted by molar-refractivity contribution is 5.50. The highest BCUT2D eigenvalue weighted by atomic mass is 16.6. The lowest BCUT2D eigenvalue weighted by Crippen LogP contribution is -1.98. The fourth-order valence-corrected chi connectivity index (χ4v) is 2.33. The number of rotatable bonds is 16. The molecule has 0 aromatic heterocycles. The van der Waals surface area contributed by atoms with Crippen LogP contribution in [0.2, 0.25) is 0 Å². The molecule has 0 aliphatic heterocycles. The summed E-state index contributed by atoms with van der Waals surface area (Å²) in [6.07, 6.45) is 18.2. The first-order chi connectivity index (χ1) is 13.0. The molecule has 7 heteroatoms. The van der Waals surface area contributed by atoms with E-state index in [-0.39, 0.29) is 21.2 Å². The molecular formula is C20H29N2O5. The second-order valence-corrected chi connectivity index (χ2v) is 5.99. The van der Waals surface area contributed by atoms with Crippen LogP contribution in [0.5, 0.6) is 0 Å². The van der Waals surface area contributed by atoms with Crippen LogP contribution in [0.1, 0.15) is 71.1 Å². The molecule has 0 aromatic rings. The molecule has 7 nitrogen and oxygen atoms in total. The number of nitrogens with zero attached hydrogens (tertiary/aromatic N) is 2. The SMILES string of the molecule is CC/C=C\C/C(=C\C/C=C\C/C=C(\CCCCCC[C]=O)[N+](=O)[O-])[N+](=O)[O-]. The van der Waals surface area contributed by atoms with Crippen LogP contribution in [0.4, 0.5) is 0 Å². The molecule has 0 aromatic carbocycles. The molecular weight excluding hydrogens is 348 g/mol. The molecule has 27 heavy (non-hydrogen) atoms. The summed E-state index contributed by atoms with van der Waals surface area (Å²) in [5, 5.41) is 22.0. The van der Waals surface area contributed by atoms with Crippen molar-refractivity contribution in [2.45, 2.75) is 71.1 Å². The van der Waals surface area contributed by atoms with Crippen molar-refractivity contribution in [1.82, 2.24) is 0 Å². The fraction of sp³-hybridized carbons (Fsp3) is 0.550. The highest BCUT2D eigenvalue weighted by Gasteiger charge is 2.09. The lowest BCUT2D eigenvalue weighted by Gasteiger charge is -1.99. The van der Waals surface area contributed by atoms with Gasteiger partial charge in [0.1, 0.15) is 0 Å². The summed E-state index contributed by atoms with van der Waals surface area (Å²) in [4.78, 5) is 31.3. The molecule has 0 unspecified atom stereocenters. The molecule has 0 saturated carbocycles. The standard InChI is InChI=1S/C20H29N2O5/c1-2-3-9-14-19(21(24)25)16-11-6-7-12-17-20(22(26)27)15-10-5-4-8-13-18-23/h3,6-7,9,16-17H,2,4-5,8,10-15H2,1H3/b7-6-,9-3-,19-16+,20-17+. The third-order valence-electron chi connectivity index (χ3n) is 3.81. The third kappa shape index (κ3) is 14.3. The zero-order valence-corrected chi connectivity index (χ0v) is 16.0. The average molecular weight is 377 g/mol. The monoisotopic (exact) mass is 377 g/mol. The van der Waals surface area contributed by atoms with E-state index < -0.39 is 0 Å². The van der Waals surface area contributed by atoms with Crippen molar-refractivity contribution in [2.75, 3.05) is 0 Å². The van der Waals surface area contributed by atoms with E-state index >= 15 is 0 Å². The highest BCUT2D eigenvalue weighted by Crippen LogP contribution is 2.12. The van der Waals surface area contributed by atoms with Crippen LogP contribution in [0.25, 0.3) is 0 Å². The van der Waals surface area contributed by atoms with Crippen LogP contribution in [-0.2, 0) is 4.79 Å². The van der Waals surface area contributed by atoms with Crippen molar-refractivity contribution in [3.8, 4) is 0 Å². The van der Waals surface area contributed by atoms with E-state index in [1.165, 1.54) is 0 Å². The van der Waals surface area contributed by atoms with Gasteiger partial charge < -0.3 is 0 Å². The predicted octanol–water partition coefficient (Wildman–Crippen LogP) is 5.45. The molecule has 0 amide bonds. The average Bonchev–Trinajstić information content (AvgIpc) is 2.63. The molecule has 0 atom stereocenters. The summed E-state index contributed by atoms with van der Waals surface area (Å²) in [7, 11) is 0. The van der Waals surface area contributed by atoms with E-state index in [4.69, 9.17) is 0 Å². The second-order valence-electron chi connectivity index (χ2n) is 5.99. The summed E-state index contributed by atoms with van der Waals surface area (Å²) >= 11 is 0. The van der Waals surface area contributed by atoms with Crippen molar-refractivity contribution in [3.05, 3.63) is 68.1 Å². The van der Waals surface area contributed by atoms with Gasteiger partial charge in [0.2, 0.25) is 11.4 Å². The minimum atomic E-state index is -0.383. The number of carbonyl (C=O) groups excluding carboxylic acids is 1. The fourth-order valence-electron chi connectivity index (χ4n) is 2.33. The second kappa shape index (κ2) is 16.9. The van der Waals surface area contributed by atoms with Crippen LogP contribution in [0.3, 0.4) is 0 Å². The minimum absolute atomic E-state index is 0.151. The first-order valence-electron chi connectivity index (χ1n) is 9.34. The Balaban J connectivity index is 4.35. The summed E-state index contributed by atoms with van der Waals surface area (Å²) < 4.78 is 0. The zero-order chi connectivity index (χ0) is 20.3. The maximum Gasteiger partial charge on any atom is 0.246 e. The van der Waals surface area contributed by atoms with Crippen molar-refractivity contribution in [2.24, 2.45) is 0 Å². The van der Waals surface area contributed by atoms with Crippen LogP contribution >= 0.6 is 0 Å². The molecule has 0 N–H and O–H groups in total. The van der Waals surface area contributed by atoms with Crippen molar-refractivity contribution >= 4 is 6.29 Å². The number of unbranched alkanes of at least 4 members (excludes halogenated alkanes) is 4. The van der Waals surface area contributed by atoms with E-state index in [1.54, 1.807) is 30.4 Å². The number of hydrogen-bond donors (Lipinski definition) is 0. The Morgan fingerprint density at radius 1 is 0.852 bits per heavy atom. The quantitative estimate of drug-likeness (QED) is 0.154. The van der Waals surface area contributed by atoms with Gasteiger partial charge in [0.15, 0.2) is 6.29 Å². The van der Waals surface area contributed by atoms with Gasteiger partial charge in [0.25, 0.3) is 0 Å². The molecule has 0 bridgehead atoms. The molecule has 0 heterocycles. The largest absolute Gasteiger partial charge is 0.291 e. The van der Waals surface area contributed by atoms with Gasteiger partial charge in [-0.2, -0.15) is 0 Å².